The molecule has 0 spiro atoms. The predicted octanol–water partition coefficient (Wildman–Crippen LogP) is 4.48. The van der Waals surface area contributed by atoms with E-state index >= 15 is 0 Å². The van der Waals surface area contributed by atoms with Gasteiger partial charge in [0.05, 0.1) is 6.04 Å². The number of amides is 1. The van der Waals surface area contributed by atoms with E-state index in [9.17, 15) is 4.79 Å². The van der Waals surface area contributed by atoms with Crippen LogP contribution < -0.4 is 10.6 Å². The van der Waals surface area contributed by atoms with Crippen molar-refractivity contribution in [3.05, 3.63) is 57.8 Å². The van der Waals surface area contributed by atoms with Crippen LogP contribution in [0.25, 0.3) is 0 Å². The van der Waals surface area contributed by atoms with Crippen molar-refractivity contribution in [3.63, 3.8) is 0 Å². The van der Waals surface area contributed by atoms with E-state index in [2.05, 4.69) is 48.1 Å². The molecule has 1 amide bonds. The van der Waals surface area contributed by atoms with Gasteiger partial charge in [0, 0.05) is 16.8 Å². The van der Waals surface area contributed by atoms with Crippen molar-refractivity contribution in [2.45, 2.75) is 46.6 Å². The maximum Gasteiger partial charge on any atom is 0.226 e. The Morgan fingerprint density at radius 1 is 1.20 bits per heavy atom. The van der Waals surface area contributed by atoms with Gasteiger partial charge in [-0.3, -0.25) is 4.79 Å². The first-order valence-electron chi connectivity index (χ1n) is 9.03. The number of hydrogen-bond acceptors (Lipinski definition) is 3. The van der Waals surface area contributed by atoms with Crippen molar-refractivity contribution >= 4 is 17.2 Å². The van der Waals surface area contributed by atoms with E-state index in [0.717, 1.165) is 19.4 Å². The van der Waals surface area contributed by atoms with Crippen molar-refractivity contribution in [1.82, 2.24) is 10.6 Å². The molecule has 0 aliphatic rings. The molecule has 0 saturated carbocycles. The first kappa shape index (κ1) is 19.7. The van der Waals surface area contributed by atoms with Crippen molar-refractivity contribution < 1.29 is 4.79 Å². The molecule has 1 aromatic heterocycles. The van der Waals surface area contributed by atoms with Gasteiger partial charge in [-0.2, -0.15) is 0 Å². The Hall–Kier alpha value is -1.65. The lowest BCUT2D eigenvalue weighted by Crippen LogP contribution is -2.42. The SMILES string of the molecule is CCCNC(CNC(=O)C(C)(C)Cc1ccccc1)c1sccc1C. The van der Waals surface area contributed by atoms with Crippen LogP contribution in [0.2, 0.25) is 0 Å². The highest BCUT2D eigenvalue weighted by Gasteiger charge is 2.28. The molecule has 136 valence electrons. The van der Waals surface area contributed by atoms with Gasteiger partial charge < -0.3 is 10.6 Å². The summed E-state index contributed by atoms with van der Waals surface area (Å²) >= 11 is 1.76. The van der Waals surface area contributed by atoms with E-state index in [1.54, 1.807) is 11.3 Å². The first-order chi connectivity index (χ1) is 11.9. The maximum absolute atomic E-state index is 12.8. The van der Waals surface area contributed by atoms with Crippen LogP contribution in [-0.4, -0.2) is 19.0 Å². The number of carbonyl (C=O) groups excluding carboxylic acids is 1. The van der Waals surface area contributed by atoms with Crippen LogP contribution in [0.3, 0.4) is 0 Å². The number of aryl methyl sites for hydroxylation is 1. The van der Waals surface area contributed by atoms with E-state index in [0.29, 0.717) is 6.54 Å². The number of carbonyl (C=O) groups is 1. The second kappa shape index (κ2) is 9.16. The zero-order valence-electron chi connectivity index (χ0n) is 15.8. The minimum Gasteiger partial charge on any atom is -0.354 e. The summed E-state index contributed by atoms with van der Waals surface area (Å²) in [6.45, 7) is 9.89. The molecule has 4 heteroatoms. The van der Waals surface area contributed by atoms with Crippen LogP contribution in [-0.2, 0) is 11.2 Å². The van der Waals surface area contributed by atoms with Gasteiger partial charge >= 0.3 is 0 Å². The summed E-state index contributed by atoms with van der Waals surface area (Å²) in [5.41, 5.74) is 2.05. The third-order valence-electron chi connectivity index (χ3n) is 4.43. The second-order valence-electron chi connectivity index (χ2n) is 7.23. The minimum atomic E-state index is -0.429. The first-order valence-corrected chi connectivity index (χ1v) is 9.91. The summed E-state index contributed by atoms with van der Waals surface area (Å²) in [4.78, 5) is 14.1. The van der Waals surface area contributed by atoms with Crippen LogP contribution in [0.15, 0.2) is 41.8 Å². The predicted molar refractivity (Wildman–Crippen MR) is 107 cm³/mol. The lowest BCUT2D eigenvalue weighted by molar-refractivity contribution is -0.129. The van der Waals surface area contributed by atoms with Crippen molar-refractivity contribution in [2.75, 3.05) is 13.1 Å². The summed E-state index contributed by atoms with van der Waals surface area (Å²) in [6.07, 6.45) is 1.82. The molecule has 0 aliphatic carbocycles. The number of rotatable bonds is 9. The minimum absolute atomic E-state index is 0.105. The molecule has 1 heterocycles. The van der Waals surface area contributed by atoms with E-state index in [1.807, 2.05) is 32.0 Å². The highest BCUT2D eigenvalue weighted by Crippen LogP contribution is 2.25. The molecule has 0 radical (unpaired) electrons. The lowest BCUT2D eigenvalue weighted by Gasteiger charge is -2.26. The summed E-state index contributed by atoms with van der Waals surface area (Å²) in [6, 6.07) is 12.5. The monoisotopic (exact) mass is 358 g/mol. The van der Waals surface area contributed by atoms with E-state index < -0.39 is 5.41 Å². The van der Waals surface area contributed by atoms with Crippen LogP contribution >= 0.6 is 11.3 Å². The quantitative estimate of drug-likeness (QED) is 0.694. The second-order valence-corrected chi connectivity index (χ2v) is 8.18. The van der Waals surface area contributed by atoms with Crippen LogP contribution in [0.4, 0.5) is 0 Å². The smallest absolute Gasteiger partial charge is 0.226 e. The molecule has 0 saturated heterocycles. The summed E-state index contributed by atoms with van der Waals surface area (Å²) < 4.78 is 0. The van der Waals surface area contributed by atoms with Gasteiger partial charge in [-0.1, -0.05) is 51.1 Å². The molecular weight excluding hydrogens is 328 g/mol. The number of nitrogens with one attached hydrogen (secondary N) is 2. The molecule has 0 fully saturated rings. The molecule has 1 unspecified atom stereocenters. The Morgan fingerprint density at radius 2 is 1.92 bits per heavy atom. The molecule has 1 atom stereocenters. The maximum atomic E-state index is 12.8. The fraction of sp³-hybridized carbons (Fsp3) is 0.476. The molecule has 0 aliphatic heterocycles. The average Bonchev–Trinajstić information content (AvgIpc) is 3.01. The summed E-state index contributed by atoms with van der Waals surface area (Å²) in [5, 5.41) is 8.86. The van der Waals surface area contributed by atoms with Crippen LogP contribution in [0.5, 0.6) is 0 Å². The lowest BCUT2D eigenvalue weighted by atomic mass is 9.84. The van der Waals surface area contributed by atoms with Crippen molar-refractivity contribution in [2.24, 2.45) is 5.41 Å². The van der Waals surface area contributed by atoms with E-state index in [-0.39, 0.29) is 11.9 Å². The molecule has 1 aromatic carbocycles. The number of thiophene rings is 1. The van der Waals surface area contributed by atoms with Crippen molar-refractivity contribution in [3.8, 4) is 0 Å². The van der Waals surface area contributed by atoms with Crippen molar-refractivity contribution in [1.29, 1.82) is 0 Å². The third-order valence-corrected chi connectivity index (χ3v) is 5.56. The fourth-order valence-corrected chi connectivity index (χ4v) is 3.94. The molecule has 25 heavy (non-hydrogen) atoms. The Balaban J connectivity index is 1.98. The average molecular weight is 359 g/mol. The Kier molecular flexibility index (Phi) is 7.21. The number of benzene rings is 1. The van der Waals surface area contributed by atoms with Gasteiger partial charge in [-0.15, -0.1) is 11.3 Å². The Morgan fingerprint density at radius 3 is 2.52 bits per heavy atom. The zero-order chi connectivity index (χ0) is 18.3. The number of hydrogen-bond donors (Lipinski definition) is 2. The van der Waals surface area contributed by atoms with Gasteiger partial charge in [-0.05, 0) is 48.9 Å². The molecule has 2 rings (SSSR count). The van der Waals surface area contributed by atoms with Crippen LogP contribution in [0, 0.1) is 12.3 Å². The van der Waals surface area contributed by atoms with E-state index in [1.165, 1.54) is 16.0 Å². The van der Waals surface area contributed by atoms with Gasteiger partial charge in [-0.25, -0.2) is 0 Å². The standard InChI is InChI=1S/C21H30N2OS/c1-5-12-22-18(19-16(2)11-13-25-19)15-23-20(24)21(3,4)14-17-9-7-6-8-10-17/h6-11,13,18,22H,5,12,14-15H2,1-4H3,(H,23,24). The Bertz CT molecular complexity index is 664. The van der Waals surface area contributed by atoms with Gasteiger partial charge in [0.1, 0.15) is 0 Å². The summed E-state index contributed by atoms with van der Waals surface area (Å²) in [5.74, 6) is 0.105. The van der Waals surface area contributed by atoms with E-state index in [4.69, 9.17) is 0 Å². The topological polar surface area (TPSA) is 41.1 Å². The highest BCUT2D eigenvalue weighted by atomic mass is 32.1. The van der Waals surface area contributed by atoms with Crippen LogP contribution in [0.1, 0.15) is 49.2 Å². The fourth-order valence-electron chi connectivity index (χ4n) is 2.94. The summed E-state index contributed by atoms with van der Waals surface area (Å²) in [7, 11) is 0. The zero-order valence-corrected chi connectivity index (χ0v) is 16.6. The van der Waals surface area contributed by atoms with Gasteiger partial charge in [0.15, 0.2) is 0 Å². The molecule has 2 aromatic rings. The third kappa shape index (κ3) is 5.68. The molecule has 2 N–H and O–H groups in total. The molecule has 0 bridgehead atoms. The largest absolute Gasteiger partial charge is 0.354 e. The highest BCUT2D eigenvalue weighted by molar-refractivity contribution is 7.10. The normalized spacial score (nSPS) is 12.8. The van der Waals surface area contributed by atoms with Gasteiger partial charge in [0.2, 0.25) is 5.91 Å². The molecule has 3 nitrogen and oxygen atoms in total. The van der Waals surface area contributed by atoms with Gasteiger partial charge in [0.25, 0.3) is 0 Å². The Labute approximate surface area is 155 Å². The molecular formula is C21H30N2OS.